The molecule has 1 atom stereocenters. The summed E-state index contributed by atoms with van der Waals surface area (Å²) < 4.78 is 21.7. The molecule has 2 amide bonds. The Bertz CT molecular complexity index is 1270. The first-order valence-electron chi connectivity index (χ1n) is 11.1. The fraction of sp³-hybridized carbons (Fsp3) is 0.148. The van der Waals surface area contributed by atoms with Crippen LogP contribution in [0.25, 0.3) is 11.6 Å². The number of hydrogen-bond donors (Lipinski definition) is 2. The van der Waals surface area contributed by atoms with Gasteiger partial charge in [-0.3, -0.25) is 20.4 Å². The van der Waals surface area contributed by atoms with E-state index in [1.165, 1.54) is 7.11 Å². The molecule has 0 spiro atoms. The number of fused-ring (bicyclic) bond motifs is 1. The summed E-state index contributed by atoms with van der Waals surface area (Å²) in [6, 6.07) is 23.1. The van der Waals surface area contributed by atoms with Crippen LogP contribution in [0.15, 0.2) is 78.9 Å². The third-order valence-corrected chi connectivity index (χ3v) is 5.20. The van der Waals surface area contributed by atoms with Gasteiger partial charge in [-0.1, -0.05) is 60.7 Å². The van der Waals surface area contributed by atoms with Gasteiger partial charge in [0.2, 0.25) is 6.10 Å². The minimum Gasteiger partial charge on any atom is -0.496 e. The molecule has 0 fully saturated rings. The van der Waals surface area contributed by atoms with Crippen molar-refractivity contribution in [3.63, 3.8) is 0 Å². The molecular formula is C27H24N2O7. The summed E-state index contributed by atoms with van der Waals surface area (Å²) >= 11 is 0. The largest absolute Gasteiger partial charge is 0.496 e. The topological polar surface area (TPSA) is 112 Å². The van der Waals surface area contributed by atoms with Crippen LogP contribution in [-0.2, 0) is 19.1 Å². The number of nitrogens with one attached hydrogen (secondary N) is 2. The van der Waals surface area contributed by atoms with Crippen molar-refractivity contribution in [2.45, 2.75) is 6.10 Å². The van der Waals surface area contributed by atoms with Crippen LogP contribution in [0.2, 0.25) is 0 Å². The van der Waals surface area contributed by atoms with Crippen molar-refractivity contribution in [3.05, 3.63) is 90.0 Å². The molecule has 1 aliphatic rings. The van der Waals surface area contributed by atoms with Crippen LogP contribution in [0.5, 0.6) is 17.2 Å². The van der Waals surface area contributed by atoms with Gasteiger partial charge in [-0.25, -0.2) is 4.79 Å². The highest BCUT2D eigenvalue weighted by Gasteiger charge is 2.27. The Labute approximate surface area is 207 Å². The number of carbonyl (C=O) groups is 3. The molecule has 0 aliphatic carbocycles. The van der Waals surface area contributed by atoms with Crippen LogP contribution in [-0.4, -0.2) is 44.2 Å². The summed E-state index contributed by atoms with van der Waals surface area (Å²) in [6.45, 7) is -0.623. The standard InChI is InChI=1S/C27H24N2O7/c1-33-21-12-6-5-11-19(21)15-20(18-9-3-2-4-10-18)27(32)35-17-25(30)28-29-26(31)24-16-34-22-13-7-8-14-23(22)36-24/h2-15,24H,16-17H2,1H3,(H,28,30)(H,29,31)/b20-15+. The Morgan fingerprint density at radius 2 is 1.61 bits per heavy atom. The summed E-state index contributed by atoms with van der Waals surface area (Å²) in [4.78, 5) is 37.5. The summed E-state index contributed by atoms with van der Waals surface area (Å²) in [5.74, 6) is -0.499. The second kappa shape index (κ2) is 11.6. The van der Waals surface area contributed by atoms with Crippen LogP contribution >= 0.6 is 0 Å². The first-order chi connectivity index (χ1) is 17.5. The number of hydrogen-bond acceptors (Lipinski definition) is 7. The molecule has 1 aliphatic heterocycles. The van der Waals surface area contributed by atoms with Gasteiger partial charge in [0.25, 0.3) is 11.8 Å². The lowest BCUT2D eigenvalue weighted by molar-refractivity contribution is -0.144. The zero-order chi connectivity index (χ0) is 25.3. The normalized spacial score (nSPS) is 14.4. The van der Waals surface area contributed by atoms with E-state index in [4.69, 9.17) is 18.9 Å². The van der Waals surface area contributed by atoms with Gasteiger partial charge in [0.1, 0.15) is 12.4 Å². The molecular weight excluding hydrogens is 464 g/mol. The maximum Gasteiger partial charge on any atom is 0.339 e. The zero-order valence-corrected chi connectivity index (χ0v) is 19.4. The number of rotatable bonds is 7. The van der Waals surface area contributed by atoms with E-state index in [2.05, 4.69) is 10.9 Å². The predicted molar refractivity (Wildman–Crippen MR) is 131 cm³/mol. The monoisotopic (exact) mass is 488 g/mol. The molecule has 1 unspecified atom stereocenters. The first kappa shape index (κ1) is 24.3. The van der Waals surface area contributed by atoms with E-state index in [-0.39, 0.29) is 12.2 Å². The van der Waals surface area contributed by atoms with E-state index in [9.17, 15) is 14.4 Å². The van der Waals surface area contributed by atoms with Crippen LogP contribution in [0.3, 0.4) is 0 Å². The maximum atomic E-state index is 12.9. The van der Waals surface area contributed by atoms with Crippen LogP contribution in [0.4, 0.5) is 0 Å². The smallest absolute Gasteiger partial charge is 0.339 e. The van der Waals surface area contributed by atoms with Gasteiger partial charge in [-0.15, -0.1) is 0 Å². The van der Waals surface area contributed by atoms with E-state index in [0.717, 1.165) is 0 Å². The predicted octanol–water partition coefficient (Wildman–Crippen LogP) is 2.77. The van der Waals surface area contributed by atoms with E-state index < -0.39 is 30.5 Å². The number of methoxy groups -OCH3 is 1. The van der Waals surface area contributed by atoms with E-state index in [1.54, 1.807) is 66.7 Å². The van der Waals surface area contributed by atoms with Crippen LogP contribution < -0.4 is 25.1 Å². The minimum absolute atomic E-state index is 0.0120. The molecule has 9 heteroatoms. The van der Waals surface area contributed by atoms with Gasteiger partial charge < -0.3 is 18.9 Å². The van der Waals surface area contributed by atoms with Gasteiger partial charge in [-0.05, 0) is 29.8 Å². The van der Waals surface area contributed by atoms with Crippen LogP contribution in [0, 0.1) is 0 Å². The highest BCUT2D eigenvalue weighted by Crippen LogP contribution is 2.30. The lowest BCUT2D eigenvalue weighted by atomic mass is 10.0. The van der Waals surface area contributed by atoms with Crippen LogP contribution in [0.1, 0.15) is 11.1 Å². The Morgan fingerprint density at radius 1 is 0.917 bits per heavy atom. The van der Waals surface area contributed by atoms with Gasteiger partial charge in [0.15, 0.2) is 18.1 Å². The number of amides is 2. The van der Waals surface area contributed by atoms with Gasteiger partial charge >= 0.3 is 5.97 Å². The lowest BCUT2D eigenvalue weighted by Crippen LogP contribution is -2.51. The molecule has 36 heavy (non-hydrogen) atoms. The number of carbonyl (C=O) groups excluding carboxylic acids is 3. The number of benzene rings is 3. The third kappa shape index (κ3) is 6.01. The third-order valence-electron chi connectivity index (χ3n) is 5.20. The maximum absolute atomic E-state index is 12.9. The van der Waals surface area contributed by atoms with Crippen molar-refractivity contribution in [1.82, 2.24) is 10.9 Å². The summed E-state index contributed by atoms with van der Waals surface area (Å²) in [5, 5.41) is 0. The Morgan fingerprint density at radius 3 is 2.39 bits per heavy atom. The molecule has 2 N–H and O–H groups in total. The molecule has 0 aromatic heterocycles. The van der Waals surface area contributed by atoms with Crippen molar-refractivity contribution in [1.29, 1.82) is 0 Å². The van der Waals surface area contributed by atoms with Crippen molar-refractivity contribution in [2.75, 3.05) is 20.3 Å². The van der Waals surface area contributed by atoms with E-state index >= 15 is 0 Å². The molecule has 0 radical (unpaired) electrons. The fourth-order valence-corrected chi connectivity index (χ4v) is 3.42. The molecule has 0 saturated heterocycles. The second-order valence-electron chi connectivity index (χ2n) is 7.64. The van der Waals surface area contributed by atoms with Gasteiger partial charge in [0, 0.05) is 5.56 Å². The van der Waals surface area contributed by atoms with Gasteiger partial charge in [0.05, 0.1) is 12.7 Å². The average molecular weight is 488 g/mol. The molecule has 0 saturated carbocycles. The van der Waals surface area contributed by atoms with E-state index in [0.29, 0.717) is 28.4 Å². The zero-order valence-electron chi connectivity index (χ0n) is 19.4. The number of ether oxygens (including phenoxy) is 4. The SMILES string of the molecule is COc1ccccc1/C=C(/C(=O)OCC(=O)NNC(=O)C1COc2ccccc2O1)c1ccccc1. The molecule has 184 valence electrons. The molecule has 3 aromatic rings. The Kier molecular flexibility index (Phi) is 7.82. The fourth-order valence-electron chi connectivity index (χ4n) is 3.42. The van der Waals surface area contributed by atoms with Gasteiger partial charge in [-0.2, -0.15) is 0 Å². The molecule has 9 nitrogen and oxygen atoms in total. The summed E-state index contributed by atoms with van der Waals surface area (Å²) in [7, 11) is 1.54. The van der Waals surface area contributed by atoms with E-state index in [1.807, 2.05) is 18.2 Å². The lowest BCUT2D eigenvalue weighted by Gasteiger charge is -2.25. The first-order valence-corrected chi connectivity index (χ1v) is 11.1. The highest BCUT2D eigenvalue weighted by molar-refractivity contribution is 6.22. The van der Waals surface area contributed by atoms with Crippen molar-refractivity contribution >= 4 is 29.4 Å². The number of hydrazine groups is 1. The molecule has 4 rings (SSSR count). The average Bonchev–Trinajstić information content (AvgIpc) is 2.93. The number of para-hydroxylation sites is 3. The van der Waals surface area contributed by atoms with Crippen molar-refractivity contribution in [3.8, 4) is 17.2 Å². The highest BCUT2D eigenvalue weighted by atomic mass is 16.6. The summed E-state index contributed by atoms with van der Waals surface area (Å²) in [5.41, 5.74) is 5.99. The van der Waals surface area contributed by atoms with Crippen molar-refractivity contribution < 1.29 is 33.3 Å². The second-order valence-corrected chi connectivity index (χ2v) is 7.64. The minimum atomic E-state index is -0.948. The van der Waals surface area contributed by atoms with Crippen molar-refractivity contribution in [2.24, 2.45) is 0 Å². The summed E-state index contributed by atoms with van der Waals surface area (Å²) in [6.07, 6.45) is 0.685. The Hall–Kier alpha value is -4.79. The molecule has 0 bridgehead atoms. The molecule has 1 heterocycles. The Balaban J connectivity index is 1.35. The quantitative estimate of drug-likeness (QED) is 0.228. The molecule has 3 aromatic carbocycles. The number of esters is 1.